The van der Waals surface area contributed by atoms with E-state index in [0.29, 0.717) is 6.54 Å². The van der Waals surface area contributed by atoms with Gasteiger partial charge >= 0.3 is 0 Å². The molecule has 1 amide bonds. The Morgan fingerprint density at radius 3 is 2.12 bits per heavy atom. The fraction of sp³-hybridized carbons (Fsp3) is 0.611. The predicted octanol–water partition coefficient (Wildman–Crippen LogP) is 2.97. The van der Waals surface area contributed by atoms with E-state index in [2.05, 4.69) is 10.0 Å². The van der Waals surface area contributed by atoms with E-state index in [9.17, 15) is 13.2 Å². The zero-order valence-corrected chi connectivity index (χ0v) is 16.7. The van der Waals surface area contributed by atoms with Crippen molar-refractivity contribution in [1.82, 2.24) is 4.72 Å². The molecule has 0 atom stereocenters. The van der Waals surface area contributed by atoms with Gasteiger partial charge in [0.05, 0.1) is 4.75 Å². The highest BCUT2D eigenvalue weighted by Gasteiger charge is 2.27. The SMILES string of the molecule is CC(=O)N(C)c1ccc(NCCCCCNS(=O)(=O)C(C)(C)C)cc1. The van der Waals surface area contributed by atoms with Crippen LogP contribution in [0.2, 0.25) is 0 Å². The molecular weight excluding hydrogens is 338 g/mol. The first-order valence-corrected chi connectivity index (χ1v) is 10.1. The molecule has 0 aliphatic heterocycles. The topological polar surface area (TPSA) is 78.5 Å². The first-order chi connectivity index (χ1) is 11.5. The zero-order chi connectivity index (χ0) is 19.1. The largest absolute Gasteiger partial charge is 0.385 e. The van der Waals surface area contributed by atoms with Gasteiger partial charge in [0.2, 0.25) is 15.9 Å². The summed E-state index contributed by atoms with van der Waals surface area (Å²) in [7, 11) is -1.50. The first-order valence-electron chi connectivity index (χ1n) is 8.62. The molecule has 142 valence electrons. The molecule has 7 heteroatoms. The Hall–Kier alpha value is -1.60. The number of amides is 1. The Labute approximate surface area is 152 Å². The molecule has 25 heavy (non-hydrogen) atoms. The van der Waals surface area contributed by atoms with E-state index in [4.69, 9.17) is 0 Å². The maximum Gasteiger partial charge on any atom is 0.223 e. The number of unbranched alkanes of at least 4 members (excludes halogenated alkanes) is 2. The molecule has 0 fully saturated rings. The van der Waals surface area contributed by atoms with Crippen LogP contribution in [0.4, 0.5) is 11.4 Å². The van der Waals surface area contributed by atoms with Gasteiger partial charge in [-0.25, -0.2) is 13.1 Å². The highest BCUT2D eigenvalue weighted by Crippen LogP contribution is 2.17. The van der Waals surface area contributed by atoms with Gasteiger partial charge in [-0.15, -0.1) is 0 Å². The normalized spacial score (nSPS) is 12.0. The van der Waals surface area contributed by atoms with Crippen LogP contribution in [-0.4, -0.2) is 39.2 Å². The van der Waals surface area contributed by atoms with E-state index in [-0.39, 0.29) is 5.91 Å². The van der Waals surface area contributed by atoms with Crippen molar-refractivity contribution in [3.63, 3.8) is 0 Å². The zero-order valence-electron chi connectivity index (χ0n) is 15.9. The lowest BCUT2D eigenvalue weighted by molar-refractivity contribution is -0.116. The van der Waals surface area contributed by atoms with E-state index in [0.717, 1.165) is 37.2 Å². The van der Waals surface area contributed by atoms with Crippen LogP contribution in [0.25, 0.3) is 0 Å². The third kappa shape index (κ3) is 7.04. The van der Waals surface area contributed by atoms with Gasteiger partial charge in [-0.1, -0.05) is 6.42 Å². The van der Waals surface area contributed by atoms with Crippen LogP contribution in [0.1, 0.15) is 47.0 Å². The molecule has 0 bridgehead atoms. The number of rotatable bonds is 9. The molecular formula is C18H31N3O3S. The van der Waals surface area contributed by atoms with Gasteiger partial charge < -0.3 is 10.2 Å². The van der Waals surface area contributed by atoms with E-state index >= 15 is 0 Å². The molecule has 0 aliphatic carbocycles. The highest BCUT2D eigenvalue weighted by molar-refractivity contribution is 7.90. The molecule has 0 unspecified atom stereocenters. The maximum absolute atomic E-state index is 11.9. The third-order valence-electron chi connectivity index (χ3n) is 4.01. The molecule has 0 aliphatic rings. The second-order valence-electron chi connectivity index (χ2n) is 7.12. The lowest BCUT2D eigenvalue weighted by Crippen LogP contribution is -2.39. The summed E-state index contributed by atoms with van der Waals surface area (Å²) in [6.45, 7) is 7.92. The lowest BCUT2D eigenvalue weighted by Gasteiger charge is -2.19. The molecule has 0 spiro atoms. The van der Waals surface area contributed by atoms with Crippen molar-refractivity contribution in [2.75, 3.05) is 30.4 Å². The van der Waals surface area contributed by atoms with Gasteiger partial charge in [0, 0.05) is 38.4 Å². The van der Waals surface area contributed by atoms with Gasteiger partial charge in [0.1, 0.15) is 0 Å². The summed E-state index contributed by atoms with van der Waals surface area (Å²) in [4.78, 5) is 12.9. The maximum atomic E-state index is 11.9. The average molecular weight is 370 g/mol. The summed E-state index contributed by atoms with van der Waals surface area (Å²) in [5.74, 6) is 0.00259. The Morgan fingerprint density at radius 2 is 1.60 bits per heavy atom. The number of nitrogens with one attached hydrogen (secondary N) is 2. The van der Waals surface area contributed by atoms with Crippen molar-refractivity contribution in [1.29, 1.82) is 0 Å². The molecule has 0 saturated carbocycles. The van der Waals surface area contributed by atoms with E-state index in [1.165, 1.54) is 6.92 Å². The third-order valence-corrected chi connectivity index (χ3v) is 6.20. The van der Waals surface area contributed by atoms with E-state index < -0.39 is 14.8 Å². The van der Waals surface area contributed by atoms with E-state index in [1.54, 1.807) is 32.7 Å². The number of carbonyl (C=O) groups is 1. The van der Waals surface area contributed by atoms with Gasteiger partial charge in [-0.3, -0.25) is 4.79 Å². The minimum Gasteiger partial charge on any atom is -0.385 e. The number of sulfonamides is 1. The van der Waals surface area contributed by atoms with Gasteiger partial charge in [0.15, 0.2) is 0 Å². The van der Waals surface area contributed by atoms with Crippen LogP contribution in [0.3, 0.4) is 0 Å². The number of nitrogens with zero attached hydrogens (tertiary/aromatic N) is 1. The highest BCUT2D eigenvalue weighted by atomic mass is 32.2. The molecule has 1 rings (SSSR count). The van der Waals surface area contributed by atoms with Crippen molar-refractivity contribution < 1.29 is 13.2 Å². The Bertz CT molecular complexity index is 649. The number of hydrogen-bond donors (Lipinski definition) is 2. The minimum absolute atomic E-state index is 0.00259. The molecule has 1 aromatic rings. The van der Waals surface area contributed by atoms with Crippen LogP contribution >= 0.6 is 0 Å². The summed E-state index contributed by atoms with van der Waals surface area (Å²) in [6.07, 6.45) is 2.73. The van der Waals surface area contributed by atoms with Crippen LogP contribution < -0.4 is 14.9 Å². The van der Waals surface area contributed by atoms with Crippen LogP contribution in [-0.2, 0) is 14.8 Å². The van der Waals surface area contributed by atoms with Crippen molar-refractivity contribution in [2.45, 2.75) is 51.7 Å². The summed E-state index contributed by atoms with van der Waals surface area (Å²) >= 11 is 0. The summed E-state index contributed by atoms with van der Waals surface area (Å²) in [5.41, 5.74) is 1.87. The summed E-state index contributed by atoms with van der Waals surface area (Å²) < 4.78 is 25.7. The van der Waals surface area contributed by atoms with Gasteiger partial charge in [-0.05, 0) is 57.9 Å². The smallest absolute Gasteiger partial charge is 0.223 e. The van der Waals surface area contributed by atoms with Crippen LogP contribution in [0.15, 0.2) is 24.3 Å². The fourth-order valence-corrected chi connectivity index (χ4v) is 2.91. The van der Waals surface area contributed by atoms with E-state index in [1.807, 2.05) is 24.3 Å². The lowest BCUT2D eigenvalue weighted by atomic mass is 10.2. The standard InChI is InChI=1S/C18H31N3O3S/c1-15(22)21(5)17-11-9-16(10-12-17)19-13-7-6-8-14-20-25(23,24)18(2,3)4/h9-12,19-20H,6-8,13-14H2,1-5H3. The summed E-state index contributed by atoms with van der Waals surface area (Å²) in [6, 6.07) is 7.72. The Balaban J connectivity index is 2.23. The molecule has 2 N–H and O–H groups in total. The molecule has 0 heterocycles. The Kier molecular flexibility index (Phi) is 7.89. The molecule has 6 nitrogen and oxygen atoms in total. The average Bonchev–Trinajstić information content (AvgIpc) is 2.52. The van der Waals surface area contributed by atoms with Crippen LogP contribution in [0, 0.1) is 0 Å². The quantitative estimate of drug-likeness (QED) is 0.656. The molecule has 1 aromatic carbocycles. The minimum atomic E-state index is -3.24. The van der Waals surface area contributed by atoms with Crippen molar-refractivity contribution in [3.8, 4) is 0 Å². The predicted molar refractivity (Wildman–Crippen MR) is 105 cm³/mol. The second-order valence-corrected chi connectivity index (χ2v) is 9.64. The summed E-state index contributed by atoms with van der Waals surface area (Å²) in [5, 5.41) is 3.33. The number of anilines is 2. The molecule has 0 saturated heterocycles. The fourth-order valence-electron chi connectivity index (χ4n) is 2.07. The first kappa shape index (κ1) is 21.4. The monoisotopic (exact) mass is 369 g/mol. The molecule has 0 aromatic heterocycles. The van der Waals surface area contributed by atoms with Gasteiger partial charge in [0.25, 0.3) is 0 Å². The number of carbonyl (C=O) groups excluding carboxylic acids is 1. The van der Waals surface area contributed by atoms with Crippen LogP contribution in [0.5, 0.6) is 0 Å². The van der Waals surface area contributed by atoms with Gasteiger partial charge in [-0.2, -0.15) is 0 Å². The molecule has 0 radical (unpaired) electrons. The van der Waals surface area contributed by atoms with Crippen molar-refractivity contribution in [3.05, 3.63) is 24.3 Å². The van der Waals surface area contributed by atoms with Crippen molar-refractivity contribution >= 4 is 27.3 Å². The second kappa shape index (κ2) is 9.20. The number of benzene rings is 1. The number of hydrogen-bond acceptors (Lipinski definition) is 4. The Morgan fingerprint density at radius 1 is 1.04 bits per heavy atom. The van der Waals surface area contributed by atoms with Crippen molar-refractivity contribution in [2.24, 2.45) is 0 Å².